The minimum absolute atomic E-state index is 0.0727. The molecule has 4 heterocycles. The van der Waals surface area contributed by atoms with Gasteiger partial charge in [0.05, 0.1) is 18.0 Å². The van der Waals surface area contributed by atoms with Crippen molar-refractivity contribution in [3.63, 3.8) is 0 Å². The minimum atomic E-state index is 0.0727. The topological polar surface area (TPSA) is 77.2 Å². The number of aromatic amines is 1. The smallest absolute Gasteiger partial charge is 0.241 e. The number of benzene rings is 1. The molecule has 3 atom stereocenters. The number of nitrogens with one attached hydrogen (secondary N) is 2. The van der Waals surface area contributed by atoms with Crippen molar-refractivity contribution in [2.24, 2.45) is 5.92 Å². The number of likely N-dealkylation sites (tertiary alicyclic amines) is 1. The zero-order valence-corrected chi connectivity index (χ0v) is 18.7. The Morgan fingerprint density at radius 2 is 2.06 bits per heavy atom. The summed E-state index contributed by atoms with van der Waals surface area (Å²) in [5, 5.41) is 5.27. The molecule has 3 aromatic rings. The zero-order chi connectivity index (χ0) is 21.5. The lowest BCUT2D eigenvalue weighted by molar-refractivity contribution is -0.130. The van der Waals surface area contributed by atoms with Gasteiger partial charge in [-0.3, -0.25) is 4.79 Å². The van der Waals surface area contributed by atoms with Crippen molar-refractivity contribution in [1.82, 2.24) is 19.9 Å². The quantitative estimate of drug-likeness (QED) is 0.612. The fourth-order valence-corrected chi connectivity index (χ4v) is 5.58. The average molecular weight is 459 g/mol. The Hall–Kier alpha value is -2.51. The number of amides is 1. The van der Waals surface area contributed by atoms with Crippen LogP contribution >= 0.6 is 23.2 Å². The van der Waals surface area contributed by atoms with Gasteiger partial charge >= 0.3 is 0 Å². The van der Waals surface area contributed by atoms with Gasteiger partial charge in [0.25, 0.3) is 0 Å². The summed E-state index contributed by atoms with van der Waals surface area (Å²) in [4.78, 5) is 29.4. The van der Waals surface area contributed by atoms with Gasteiger partial charge in [-0.05, 0) is 49.9 Å². The summed E-state index contributed by atoms with van der Waals surface area (Å²) in [5.74, 6) is 1.58. The lowest BCUT2D eigenvalue weighted by atomic mass is 9.91. The third-order valence-corrected chi connectivity index (χ3v) is 6.87. The number of piperidine rings is 1. The summed E-state index contributed by atoms with van der Waals surface area (Å²) >= 11 is 12.1. The van der Waals surface area contributed by atoms with Crippen LogP contribution in [0.25, 0.3) is 11.0 Å². The largest absolute Gasteiger partial charge is 0.376 e. The molecule has 2 aliphatic rings. The van der Waals surface area contributed by atoms with Gasteiger partial charge in [0.2, 0.25) is 5.91 Å². The fourth-order valence-electron chi connectivity index (χ4n) is 5.05. The van der Waals surface area contributed by atoms with Crippen LogP contribution in [0.5, 0.6) is 0 Å². The molecule has 0 radical (unpaired) electrons. The van der Waals surface area contributed by atoms with Gasteiger partial charge in [-0.2, -0.15) is 0 Å². The van der Waals surface area contributed by atoms with Gasteiger partial charge in [-0.25, -0.2) is 9.97 Å². The first kappa shape index (κ1) is 20.4. The van der Waals surface area contributed by atoms with Gasteiger partial charge in [-0.1, -0.05) is 23.2 Å². The van der Waals surface area contributed by atoms with Gasteiger partial charge in [-0.15, -0.1) is 0 Å². The first-order valence-corrected chi connectivity index (χ1v) is 11.3. The van der Waals surface area contributed by atoms with Crippen LogP contribution in [0, 0.1) is 5.92 Å². The fraction of sp³-hybridized carbons (Fsp3) is 0.409. The van der Waals surface area contributed by atoms with E-state index in [9.17, 15) is 4.79 Å². The number of carbonyl (C=O) groups excluding carboxylic acids is 1. The predicted molar refractivity (Wildman–Crippen MR) is 124 cm³/mol. The molecule has 2 N–H and O–H groups in total. The summed E-state index contributed by atoms with van der Waals surface area (Å²) in [6.07, 6.45) is 5.62. The van der Waals surface area contributed by atoms with E-state index >= 15 is 0 Å². The predicted octanol–water partition coefficient (Wildman–Crippen LogP) is 4.19. The van der Waals surface area contributed by atoms with Crippen molar-refractivity contribution in [2.75, 3.05) is 29.9 Å². The molecule has 0 bridgehead atoms. The van der Waals surface area contributed by atoms with E-state index in [1.165, 1.54) is 0 Å². The van der Waals surface area contributed by atoms with E-state index in [-0.39, 0.29) is 18.5 Å². The molecule has 0 aliphatic carbocycles. The number of aromatic nitrogens is 3. The third kappa shape index (κ3) is 3.92. The van der Waals surface area contributed by atoms with Crippen LogP contribution in [0.1, 0.15) is 19.8 Å². The highest BCUT2D eigenvalue weighted by atomic mass is 35.5. The molecule has 7 nitrogen and oxygen atoms in total. The number of anilines is 2. The van der Waals surface area contributed by atoms with E-state index < -0.39 is 0 Å². The highest BCUT2D eigenvalue weighted by Crippen LogP contribution is 2.40. The molecule has 2 fully saturated rings. The van der Waals surface area contributed by atoms with Crippen molar-refractivity contribution >= 4 is 51.6 Å². The summed E-state index contributed by atoms with van der Waals surface area (Å²) in [6, 6.07) is 7.85. The van der Waals surface area contributed by atoms with Crippen LogP contribution < -0.4 is 10.2 Å². The van der Waals surface area contributed by atoms with Crippen LogP contribution in [0.4, 0.5) is 11.5 Å². The molecule has 0 saturated carbocycles. The normalized spacial score (nSPS) is 23.3. The number of rotatable bonds is 4. The van der Waals surface area contributed by atoms with Crippen LogP contribution in [0.2, 0.25) is 10.0 Å². The van der Waals surface area contributed by atoms with Crippen LogP contribution in [0.15, 0.2) is 36.8 Å². The van der Waals surface area contributed by atoms with Crippen molar-refractivity contribution < 1.29 is 4.79 Å². The number of hydrogen-bond acceptors (Lipinski definition) is 5. The van der Waals surface area contributed by atoms with E-state index in [1.807, 2.05) is 17.2 Å². The van der Waals surface area contributed by atoms with Crippen molar-refractivity contribution in [3.8, 4) is 0 Å². The standard InChI is InChI=1S/C22H24Cl2N6O/c1-13-6-14-3-5-29(20(31)10-26-17-8-15(23)7-16(24)9-17)11-19(14)30(13)22-18-2-4-25-21(18)27-12-28-22/h2,4,7-9,12-14,19,26H,3,5-6,10-11H2,1H3,(H,25,27,28)/t13-,14+,19+/m1/s1. The molecule has 1 aromatic carbocycles. The summed E-state index contributed by atoms with van der Waals surface area (Å²) < 4.78 is 0. The Balaban J connectivity index is 1.31. The lowest BCUT2D eigenvalue weighted by Gasteiger charge is -2.39. The second-order valence-corrected chi connectivity index (χ2v) is 9.27. The van der Waals surface area contributed by atoms with Crippen LogP contribution in [-0.2, 0) is 4.79 Å². The average Bonchev–Trinajstić information content (AvgIpc) is 3.34. The van der Waals surface area contributed by atoms with E-state index in [1.54, 1.807) is 24.5 Å². The molecule has 2 aromatic heterocycles. The van der Waals surface area contributed by atoms with Crippen molar-refractivity contribution in [3.05, 3.63) is 46.8 Å². The number of nitrogens with zero attached hydrogens (tertiary/aromatic N) is 4. The monoisotopic (exact) mass is 458 g/mol. The summed E-state index contributed by atoms with van der Waals surface area (Å²) in [6.45, 7) is 3.93. The molecule has 31 heavy (non-hydrogen) atoms. The Kier molecular flexibility index (Phi) is 5.40. The van der Waals surface area contributed by atoms with Gasteiger partial charge in [0.1, 0.15) is 17.8 Å². The number of halogens is 2. The Bertz CT molecular complexity index is 1100. The number of hydrogen-bond donors (Lipinski definition) is 2. The first-order chi connectivity index (χ1) is 15.0. The van der Waals surface area contributed by atoms with E-state index in [4.69, 9.17) is 23.2 Å². The Morgan fingerprint density at radius 3 is 2.87 bits per heavy atom. The Labute approximate surface area is 190 Å². The van der Waals surface area contributed by atoms with Crippen LogP contribution in [-0.4, -0.2) is 57.5 Å². The number of fused-ring (bicyclic) bond motifs is 2. The molecular formula is C22H24Cl2N6O. The SMILES string of the molecule is C[C@@H]1C[C@@H]2CCN(C(=O)CNc3cc(Cl)cc(Cl)c3)C[C@@H]2N1c1ncnc2[nH]ccc12. The summed E-state index contributed by atoms with van der Waals surface area (Å²) in [7, 11) is 0. The summed E-state index contributed by atoms with van der Waals surface area (Å²) in [5.41, 5.74) is 1.58. The highest BCUT2D eigenvalue weighted by Gasteiger charge is 2.44. The highest BCUT2D eigenvalue weighted by molar-refractivity contribution is 6.35. The molecule has 162 valence electrons. The number of H-pyrrole nitrogens is 1. The van der Waals surface area contributed by atoms with Gasteiger partial charge in [0.15, 0.2) is 0 Å². The molecule has 2 aliphatic heterocycles. The molecule has 2 saturated heterocycles. The maximum Gasteiger partial charge on any atom is 0.241 e. The maximum absolute atomic E-state index is 13.0. The van der Waals surface area contributed by atoms with E-state index in [2.05, 4.69) is 32.1 Å². The molecule has 0 spiro atoms. The number of carbonyl (C=O) groups is 1. The van der Waals surface area contributed by atoms with E-state index in [0.717, 1.165) is 41.9 Å². The lowest BCUT2D eigenvalue weighted by Crippen LogP contribution is -2.52. The third-order valence-electron chi connectivity index (χ3n) is 6.43. The molecule has 0 unspecified atom stereocenters. The van der Waals surface area contributed by atoms with Gasteiger partial charge < -0.3 is 20.1 Å². The molecule has 5 rings (SSSR count). The Morgan fingerprint density at radius 1 is 1.26 bits per heavy atom. The van der Waals surface area contributed by atoms with Crippen molar-refractivity contribution in [1.29, 1.82) is 0 Å². The molecular weight excluding hydrogens is 435 g/mol. The first-order valence-electron chi connectivity index (χ1n) is 10.5. The van der Waals surface area contributed by atoms with Crippen LogP contribution in [0.3, 0.4) is 0 Å². The molecule has 1 amide bonds. The van der Waals surface area contributed by atoms with E-state index in [0.29, 0.717) is 28.5 Å². The van der Waals surface area contributed by atoms with Crippen molar-refractivity contribution in [2.45, 2.75) is 31.8 Å². The minimum Gasteiger partial charge on any atom is -0.376 e. The van der Waals surface area contributed by atoms with Gasteiger partial charge in [0, 0.05) is 41.1 Å². The zero-order valence-electron chi connectivity index (χ0n) is 17.2. The maximum atomic E-state index is 13.0. The second kappa shape index (κ2) is 8.20. The second-order valence-electron chi connectivity index (χ2n) is 8.40. The molecule has 9 heteroatoms.